The van der Waals surface area contributed by atoms with E-state index in [4.69, 9.17) is 15.5 Å². The van der Waals surface area contributed by atoms with Gasteiger partial charge in [0.05, 0.1) is 0 Å². The van der Waals surface area contributed by atoms with E-state index in [-0.39, 0.29) is 28.5 Å². The van der Waals surface area contributed by atoms with E-state index in [2.05, 4.69) is 68.0 Å². The Balaban J connectivity index is -0.000000312. The monoisotopic (exact) mass is 531 g/mol. The fourth-order valence-corrected chi connectivity index (χ4v) is 3.27. The van der Waals surface area contributed by atoms with Crippen LogP contribution in [-0.4, -0.2) is 87.9 Å². The first-order valence-corrected chi connectivity index (χ1v) is 20.1. The van der Waals surface area contributed by atoms with Crippen LogP contribution in [0.5, 0.6) is 0 Å². The third-order valence-electron chi connectivity index (χ3n) is 3.20. The van der Waals surface area contributed by atoms with Crippen LogP contribution in [0.3, 0.4) is 0 Å². The van der Waals surface area contributed by atoms with Crippen molar-refractivity contribution in [2.24, 2.45) is 0 Å². The average molecular weight is 530 g/mol. The zero-order valence-electron chi connectivity index (χ0n) is 20.9. The summed E-state index contributed by atoms with van der Waals surface area (Å²) >= 11 is 0. The van der Waals surface area contributed by atoms with Crippen molar-refractivity contribution in [1.29, 1.82) is 0 Å². The second-order valence-electron chi connectivity index (χ2n) is 10.1. The molecular formula is C18H49MoN6Si3. The van der Waals surface area contributed by atoms with Crippen molar-refractivity contribution in [3.05, 3.63) is 22.9 Å². The smallest absolute Gasteiger partial charge is 0.664 e. The molecule has 1 N–H and O–H groups in total. The van der Waals surface area contributed by atoms with E-state index in [9.17, 15) is 0 Å². The molecule has 0 fully saturated rings. The topological polar surface area (TPSA) is 71.0 Å². The maximum absolute atomic E-state index is 8.21. The van der Waals surface area contributed by atoms with Gasteiger partial charge in [0, 0.05) is 13.1 Å². The molecule has 169 valence electrons. The first kappa shape index (κ1) is 36.2. The number of likely N-dealkylation sites (N-methyl/N-ethyl adjacent to an activating group) is 1. The Labute approximate surface area is 195 Å². The zero-order valence-corrected chi connectivity index (χ0v) is 25.9. The van der Waals surface area contributed by atoms with Gasteiger partial charge < -0.3 is 37.5 Å². The molecule has 0 rings (SSSR count). The fourth-order valence-electron chi connectivity index (χ4n) is 1.73. The number of nitrogens with one attached hydrogen (secondary N) is 1. The van der Waals surface area contributed by atoms with E-state index in [1.54, 1.807) is 0 Å². The molecule has 0 atom stereocenters. The van der Waals surface area contributed by atoms with Gasteiger partial charge in [-0.1, -0.05) is 55.8 Å². The molecule has 0 aromatic carbocycles. The summed E-state index contributed by atoms with van der Waals surface area (Å²) in [6.45, 7) is 26.2. The van der Waals surface area contributed by atoms with E-state index in [0.717, 1.165) is 39.3 Å². The van der Waals surface area contributed by atoms with E-state index >= 15 is 0 Å². The zero-order chi connectivity index (χ0) is 21.0. The quantitative estimate of drug-likeness (QED) is 0.238. The Kier molecular flexibility index (Phi) is 22.6. The minimum atomic E-state index is -1.33. The molecule has 0 amide bonds. The summed E-state index contributed by atoms with van der Waals surface area (Å²) in [7, 11) is 0.429. The summed E-state index contributed by atoms with van der Waals surface area (Å²) in [5, 5.41) is 0. The molecule has 28 heavy (non-hydrogen) atoms. The molecule has 10 heteroatoms. The van der Waals surface area contributed by atoms with Gasteiger partial charge in [0.25, 0.3) is 0 Å². The van der Waals surface area contributed by atoms with Crippen LogP contribution in [-0.2, 0) is 21.1 Å². The molecule has 0 spiro atoms. The van der Waals surface area contributed by atoms with E-state index in [1.807, 2.05) is 19.6 Å². The van der Waals surface area contributed by atoms with Gasteiger partial charge >= 0.3 is 29.3 Å². The summed E-state index contributed by atoms with van der Waals surface area (Å²) in [5.74, 6) is 0. The van der Waals surface area contributed by atoms with Crippen LogP contribution < -0.4 is 4.78 Å². The van der Waals surface area contributed by atoms with Gasteiger partial charge in [-0.25, -0.2) is 0 Å². The van der Waals surface area contributed by atoms with Gasteiger partial charge in [-0.15, -0.1) is 13.1 Å². The predicted octanol–water partition coefficient (Wildman–Crippen LogP) is 3.64. The van der Waals surface area contributed by atoms with Gasteiger partial charge in [-0.05, 0) is 46.8 Å². The number of rotatable bonds is 12. The Hall–Kier alpha value is 0.779. The number of hydrogen-bond donors (Lipinski definition) is 1. The van der Waals surface area contributed by atoms with Crippen molar-refractivity contribution in [3.8, 4) is 0 Å². The molecule has 0 aliphatic rings. The van der Waals surface area contributed by atoms with Crippen molar-refractivity contribution in [2.45, 2.75) is 58.9 Å². The van der Waals surface area contributed by atoms with E-state index in [1.165, 1.54) is 0 Å². The Bertz CT molecular complexity index is 346. The van der Waals surface area contributed by atoms with Crippen molar-refractivity contribution in [2.75, 3.05) is 53.4 Å². The standard InChI is InChI=1S/C14H36N4Si2.C3H10N2Si.CH3.Mo/c1-17(2)13-14-18(11-9-15-19(3,4)5)12-10-16-20(6,7)8;1-6(2,3)5-4;;/h9-14H2,1-8H3;5H,1-3H3;1H3;/q-2;;-1;+3. The molecule has 0 heterocycles. The van der Waals surface area contributed by atoms with Gasteiger partial charge in [0.2, 0.25) is 0 Å². The third-order valence-corrected chi connectivity index (χ3v) is 6.22. The Morgan fingerprint density at radius 3 is 1.25 bits per heavy atom. The van der Waals surface area contributed by atoms with Crippen LogP contribution in [0.25, 0.3) is 15.5 Å². The Morgan fingerprint density at radius 1 is 0.714 bits per heavy atom. The van der Waals surface area contributed by atoms with Crippen LogP contribution in [0.4, 0.5) is 0 Å². The van der Waals surface area contributed by atoms with Crippen LogP contribution in [0.15, 0.2) is 0 Å². The van der Waals surface area contributed by atoms with Gasteiger partial charge in [0.1, 0.15) is 0 Å². The molecule has 0 bridgehead atoms. The normalized spacial score (nSPS) is 12.0. The number of nitrogens with zero attached hydrogens (tertiary/aromatic N) is 5. The SMILES string of the molecule is CN(C)CCN(CC[N-][Si](C)(C)C)CC[N-][Si](C)(C)C.C[Si](C)(C)[NH+]=[N-].[CH3-].[Mo+3]. The second kappa shape index (κ2) is 17.5. The maximum atomic E-state index is 8.21. The first-order chi connectivity index (χ1) is 11.6. The van der Waals surface area contributed by atoms with Crippen LogP contribution in [0.1, 0.15) is 0 Å². The van der Waals surface area contributed by atoms with Crippen molar-refractivity contribution in [3.63, 3.8) is 0 Å². The van der Waals surface area contributed by atoms with Crippen LogP contribution >= 0.6 is 0 Å². The fraction of sp³-hybridized carbons (Fsp3) is 0.944. The molecule has 0 aliphatic carbocycles. The average Bonchev–Trinajstić information content (AvgIpc) is 2.41. The number of hydrogen-bond acceptors (Lipinski definition) is 2. The summed E-state index contributed by atoms with van der Waals surface area (Å²) in [5.41, 5.74) is 8.21. The summed E-state index contributed by atoms with van der Waals surface area (Å²) in [6, 6.07) is 0. The second-order valence-corrected chi connectivity index (χ2v) is 24.2. The van der Waals surface area contributed by atoms with Crippen LogP contribution in [0.2, 0.25) is 58.9 Å². The minimum absolute atomic E-state index is 0. The van der Waals surface area contributed by atoms with E-state index in [0.29, 0.717) is 0 Å². The summed E-state index contributed by atoms with van der Waals surface area (Å²) in [4.78, 5) is 14.5. The third kappa shape index (κ3) is 34.3. The van der Waals surface area contributed by atoms with Gasteiger partial charge in [0.15, 0.2) is 0 Å². The summed E-state index contributed by atoms with van der Waals surface area (Å²) in [6.07, 6.45) is 0. The molecule has 1 radical (unpaired) electrons. The molecule has 0 saturated carbocycles. The van der Waals surface area contributed by atoms with Gasteiger partial charge in [-0.3, -0.25) is 0 Å². The molecule has 0 unspecified atom stereocenters. The molecule has 0 aromatic heterocycles. The molecule has 0 saturated heterocycles. The van der Waals surface area contributed by atoms with Crippen molar-refractivity contribution < 1.29 is 25.8 Å². The summed E-state index contributed by atoms with van der Waals surface area (Å²) < 4.78 is 2.24. The molecule has 6 nitrogen and oxygen atoms in total. The van der Waals surface area contributed by atoms with Crippen molar-refractivity contribution in [1.82, 2.24) is 9.80 Å². The molecule has 0 aromatic rings. The van der Waals surface area contributed by atoms with Crippen molar-refractivity contribution >= 4 is 24.7 Å². The molecular weight excluding hydrogens is 480 g/mol. The van der Waals surface area contributed by atoms with Gasteiger partial charge in [-0.2, -0.15) is 0 Å². The maximum Gasteiger partial charge on any atom is 3.00 e. The largest absolute Gasteiger partial charge is 3.00 e. The molecule has 0 aliphatic heterocycles. The minimum Gasteiger partial charge on any atom is -0.664 e. The predicted molar refractivity (Wildman–Crippen MR) is 132 cm³/mol. The van der Waals surface area contributed by atoms with Crippen LogP contribution in [0, 0.1) is 7.43 Å². The first-order valence-electron chi connectivity index (χ1n) is 9.71. The van der Waals surface area contributed by atoms with E-state index < -0.39 is 24.7 Å². The Morgan fingerprint density at radius 2 is 1.04 bits per heavy atom.